The van der Waals surface area contributed by atoms with Crippen molar-refractivity contribution in [2.45, 2.75) is 57.6 Å². The van der Waals surface area contributed by atoms with E-state index in [-0.39, 0.29) is 18.1 Å². The van der Waals surface area contributed by atoms with Gasteiger partial charge in [0.1, 0.15) is 11.9 Å². The number of para-hydroxylation sites is 1. The molecule has 6 rings (SSSR count). The lowest BCUT2D eigenvalue weighted by Gasteiger charge is -2.51. The van der Waals surface area contributed by atoms with Crippen molar-refractivity contribution in [2.24, 2.45) is 11.8 Å². The van der Waals surface area contributed by atoms with E-state index in [0.29, 0.717) is 24.0 Å². The molecule has 3 aliphatic rings. The van der Waals surface area contributed by atoms with E-state index in [1.165, 1.54) is 25.7 Å². The van der Waals surface area contributed by atoms with Crippen molar-refractivity contribution in [1.29, 1.82) is 0 Å². The molecular formula is C32H38N2O3. The fourth-order valence-corrected chi connectivity index (χ4v) is 6.00. The van der Waals surface area contributed by atoms with Crippen molar-refractivity contribution in [3.05, 3.63) is 84.6 Å². The van der Waals surface area contributed by atoms with Gasteiger partial charge in [-0.05, 0) is 74.0 Å². The number of pyridine rings is 1. The Kier molecular flexibility index (Phi) is 8.20. The largest absolute Gasteiger partial charge is 0.494 e. The summed E-state index contributed by atoms with van der Waals surface area (Å²) in [6.07, 6.45) is 10.4. The minimum Gasteiger partial charge on any atom is -0.494 e. The molecule has 3 aliphatic heterocycles. The van der Waals surface area contributed by atoms with Crippen molar-refractivity contribution < 1.29 is 14.3 Å². The summed E-state index contributed by atoms with van der Waals surface area (Å²) in [6.45, 7) is 8.97. The number of piperidine rings is 3. The summed E-state index contributed by atoms with van der Waals surface area (Å²) in [5, 5.41) is 1.04. The van der Waals surface area contributed by atoms with Gasteiger partial charge in [0, 0.05) is 23.7 Å². The first kappa shape index (κ1) is 25.5. The molecule has 4 heterocycles. The lowest BCUT2D eigenvalue weighted by atomic mass is 9.73. The molecule has 0 N–H and O–H groups in total. The van der Waals surface area contributed by atoms with Gasteiger partial charge in [0.05, 0.1) is 23.7 Å². The average molecular weight is 499 g/mol. The van der Waals surface area contributed by atoms with Gasteiger partial charge in [-0.25, -0.2) is 4.79 Å². The Bertz CT molecular complexity index is 1200. The molecule has 2 aromatic carbocycles. The summed E-state index contributed by atoms with van der Waals surface area (Å²) in [5.74, 6) is 1.57. The second kappa shape index (κ2) is 11.9. The van der Waals surface area contributed by atoms with E-state index in [1.807, 2.05) is 54.7 Å². The number of hydrogen-bond donors (Lipinski definition) is 0. The van der Waals surface area contributed by atoms with Crippen molar-refractivity contribution in [3.8, 4) is 5.75 Å². The zero-order valence-corrected chi connectivity index (χ0v) is 21.9. The maximum absolute atomic E-state index is 13.5. The van der Waals surface area contributed by atoms with Crippen LogP contribution in [-0.4, -0.2) is 41.6 Å². The smallest absolute Gasteiger partial charge is 0.338 e. The molecule has 2 bridgehead atoms. The molecular weight excluding hydrogens is 460 g/mol. The Labute approximate surface area is 220 Å². The molecule has 0 aliphatic carbocycles. The molecule has 3 fully saturated rings. The molecule has 1 unspecified atom stereocenters. The highest BCUT2D eigenvalue weighted by Gasteiger charge is 2.44. The summed E-state index contributed by atoms with van der Waals surface area (Å²) in [5.41, 5.74) is 2.49. The minimum atomic E-state index is -0.372. The van der Waals surface area contributed by atoms with Gasteiger partial charge in [0.25, 0.3) is 0 Å². The van der Waals surface area contributed by atoms with Crippen LogP contribution in [0.1, 0.15) is 67.5 Å². The third-order valence-corrected chi connectivity index (χ3v) is 8.08. The molecule has 3 aromatic rings. The lowest BCUT2D eigenvalue weighted by Crippen LogP contribution is -2.55. The Morgan fingerprint density at radius 1 is 1.14 bits per heavy atom. The monoisotopic (exact) mass is 498 g/mol. The van der Waals surface area contributed by atoms with Crippen LogP contribution < -0.4 is 4.74 Å². The van der Waals surface area contributed by atoms with Crippen molar-refractivity contribution >= 4 is 16.9 Å². The molecule has 0 radical (unpaired) electrons. The van der Waals surface area contributed by atoms with E-state index >= 15 is 0 Å². The molecule has 3 saturated heterocycles. The van der Waals surface area contributed by atoms with Crippen LogP contribution in [0.3, 0.4) is 0 Å². The Morgan fingerprint density at radius 2 is 1.97 bits per heavy atom. The highest BCUT2D eigenvalue weighted by molar-refractivity contribution is 5.90. The fourth-order valence-electron chi connectivity index (χ4n) is 6.00. The fraction of sp³-hybridized carbons (Fsp3) is 0.438. The summed E-state index contributed by atoms with van der Waals surface area (Å²) in [7, 11) is 0. The normalized spacial score (nSPS) is 23.5. The summed E-state index contributed by atoms with van der Waals surface area (Å²) >= 11 is 0. The molecule has 5 heteroatoms. The Morgan fingerprint density at radius 3 is 2.73 bits per heavy atom. The quantitative estimate of drug-likeness (QED) is 0.162. The molecule has 194 valence electrons. The van der Waals surface area contributed by atoms with Gasteiger partial charge >= 0.3 is 5.97 Å². The number of esters is 1. The van der Waals surface area contributed by atoms with Crippen LogP contribution in [0.25, 0.3) is 10.9 Å². The molecule has 0 spiro atoms. The third-order valence-electron chi connectivity index (χ3n) is 8.08. The van der Waals surface area contributed by atoms with Crippen LogP contribution in [0.4, 0.5) is 0 Å². The topological polar surface area (TPSA) is 51.7 Å². The first-order chi connectivity index (χ1) is 18.2. The van der Waals surface area contributed by atoms with E-state index in [0.717, 1.165) is 48.1 Å². The molecule has 1 aromatic heterocycles. The van der Waals surface area contributed by atoms with E-state index < -0.39 is 0 Å². The first-order valence-electron chi connectivity index (χ1n) is 13.8. The van der Waals surface area contributed by atoms with E-state index in [2.05, 4.69) is 35.5 Å². The van der Waals surface area contributed by atoms with Crippen LogP contribution in [0.15, 0.2) is 73.4 Å². The second-order valence-corrected chi connectivity index (χ2v) is 10.4. The SMILES string of the molecule is C=C[C@H]1C[N@@]2CC[C@H]1C[C@H]2C(OC(=O)c1ccc(OCCCCCC)cc1)c1ccnc2ccccc12. The van der Waals surface area contributed by atoms with Crippen LogP contribution in [0, 0.1) is 11.8 Å². The van der Waals surface area contributed by atoms with E-state index in [1.54, 1.807) is 0 Å². The third kappa shape index (κ3) is 5.72. The Balaban J connectivity index is 1.36. The number of hydrogen-bond acceptors (Lipinski definition) is 5. The van der Waals surface area contributed by atoms with Gasteiger partial charge in [-0.15, -0.1) is 6.58 Å². The van der Waals surface area contributed by atoms with E-state index in [9.17, 15) is 4.79 Å². The zero-order valence-electron chi connectivity index (χ0n) is 21.9. The maximum Gasteiger partial charge on any atom is 0.338 e. The van der Waals surface area contributed by atoms with Crippen LogP contribution in [0.5, 0.6) is 5.75 Å². The van der Waals surface area contributed by atoms with Gasteiger partial charge in [0.2, 0.25) is 0 Å². The number of fused-ring (bicyclic) bond motifs is 4. The number of unbranched alkanes of at least 4 members (excludes halogenated alkanes) is 3. The van der Waals surface area contributed by atoms with Crippen LogP contribution in [0.2, 0.25) is 0 Å². The summed E-state index contributed by atoms with van der Waals surface area (Å²) < 4.78 is 12.2. The average Bonchev–Trinajstić information content (AvgIpc) is 2.96. The highest BCUT2D eigenvalue weighted by atomic mass is 16.5. The van der Waals surface area contributed by atoms with Gasteiger partial charge in [-0.3, -0.25) is 9.88 Å². The predicted molar refractivity (Wildman–Crippen MR) is 148 cm³/mol. The molecule has 5 atom stereocenters. The predicted octanol–water partition coefficient (Wildman–Crippen LogP) is 6.99. The molecule has 5 nitrogen and oxygen atoms in total. The molecule has 0 amide bonds. The van der Waals surface area contributed by atoms with Crippen molar-refractivity contribution in [2.75, 3.05) is 19.7 Å². The highest BCUT2D eigenvalue weighted by Crippen LogP contribution is 2.43. The molecule has 37 heavy (non-hydrogen) atoms. The number of benzene rings is 2. The van der Waals surface area contributed by atoms with Gasteiger partial charge in [-0.1, -0.05) is 50.5 Å². The minimum absolute atomic E-state index is 0.135. The number of carbonyl (C=O) groups is 1. The van der Waals surface area contributed by atoms with Gasteiger partial charge < -0.3 is 9.47 Å². The number of ether oxygens (including phenoxy) is 2. The first-order valence-corrected chi connectivity index (χ1v) is 13.8. The maximum atomic E-state index is 13.5. The standard InChI is InChI=1S/C32H38N2O3/c1-3-5-6-9-20-36-26-14-12-24(13-15-26)32(35)37-31(28-16-18-33-29-11-8-7-10-27(28)29)30-21-25-17-19-34(30)22-23(25)4-2/h4,7-8,10-16,18,23,25,30-31H,2-3,5-6,9,17,19-22H2,1H3/t23-,25-,30-,31?/m0/s1. The van der Waals surface area contributed by atoms with Crippen molar-refractivity contribution in [3.63, 3.8) is 0 Å². The second-order valence-electron chi connectivity index (χ2n) is 10.4. The van der Waals surface area contributed by atoms with Gasteiger partial charge in [-0.2, -0.15) is 0 Å². The molecule has 0 saturated carbocycles. The number of carbonyl (C=O) groups excluding carboxylic acids is 1. The zero-order chi connectivity index (χ0) is 25.6. The van der Waals surface area contributed by atoms with Crippen molar-refractivity contribution in [1.82, 2.24) is 9.88 Å². The number of aromatic nitrogens is 1. The van der Waals surface area contributed by atoms with E-state index in [4.69, 9.17) is 9.47 Å². The lowest BCUT2D eigenvalue weighted by molar-refractivity contribution is -0.0568. The Hall–Kier alpha value is -3.18. The summed E-state index contributed by atoms with van der Waals surface area (Å²) in [6, 6.07) is 17.6. The van der Waals surface area contributed by atoms with Crippen LogP contribution in [-0.2, 0) is 4.74 Å². The van der Waals surface area contributed by atoms with Crippen LogP contribution >= 0.6 is 0 Å². The number of rotatable bonds is 11. The van der Waals surface area contributed by atoms with Gasteiger partial charge in [0.15, 0.2) is 0 Å². The summed E-state index contributed by atoms with van der Waals surface area (Å²) in [4.78, 5) is 20.5. The number of nitrogens with zero attached hydrogens (tertiary/aromatic N) is 2.